The van der Waals surface area contributed by atoms with Gasteiger partial charge in [0.2, 0.25) is 0 Å². The van der Waals surface area contributed by atoms with Gasteiger partial charge in [0.25, 0.3) is 0 Å². The number of aliphatic imine (C=N–C) groups is 1. The Balaban J connectivity index is 2.83. The number of hydrogen-bond donors (Lipinski definition) is 0. The van der Waals surface area contributed by atoms with Crippen molar-refractivity contribution in [3.63, 3.8) is 0 Å². The smallest absolute Gasteiger partial charge is 0.0573 e. The van der Waals surface area contributed by atoms with E-state index in [-0.39, 0.29) is 0 Å². The SMILES string of the molecule is C=C1/C=C\C=C/C/N=C\C=C/1C. The molecule has 0 saturated carbocycles. The Morgan fingerprint density at radius 2 is 2.25 bits per heavy atom. The van der Waals surface area contributed by atoms with Crippen LogP contribution in [0.5, 0.6) is 0 Å². The first-order valence-corrected chi connectivity index (χ1v) is 4.00. The summed E-state index contributed by atoms with van der Waals surface area (Å²) < 4.78 is 0. The van der Waals surface area contributed by atoms with E-state index in [2.05, 4.69) is 11.6 Å². The Kier molecular flexibility index (Phi) is 3.27. The van der Waals surface area contributed by atoms with Gasteiger partial charge in [-0.25, -0.2) is 0 Å². The van der Waals surface area contributed by atoms with Gasteiger partial charge >= 0.3 is 0 Å². The zero-order chi connectivity index (χ0) is 8.81. The second-order valence-corrected chi connectivity index (χ2v) is 2.68. The molecule has 0 radical (unpaired) electrons. The number of allylic oxidation sites excluding steroid dienone is 6. The summed E-state index contributed by atoms with van der Waals surface area (Å²) >= 11 is 0. The third-order valence-electron chi connectivity index (χ3n) is 1.69. The predicted molar refractivity (Wildman–Crippen MR) is 54.5 cm³/mol. The van der Waals surface area contributed by atoms with E-state index in [9.17, 15) is 0 Å². The molecule has 0 saturated heterocycles. The van der Waals surface area contributed by atoms with Gasteiger partial charge in [0.1, 0.15) is 0 Å². The quantitative estimate of drug-likeness (QED) is 0.515. The molecule has 1 nitrogen and oxygen atoms in total. The molecule has 1 aliphatic rings. The van der Waals surface area contributed by atoms with E-state index in [1.165, 1.54) is 0 Å². The molecule has 1 aliphatic heterocycles. The highest BCUT2D eigenvalue weighted by Crippen LogP contribution is 2.07. The molecule has 0 amide bonds. The van der Waals surface area contributed by atoms with Crippen LogP contribution in [0.4, 0.5) is 0 Å². The van der Waals surface area contributed by atoms with Crippen molar-refractivity contribution >= 4 is 6.21 Å². The van der Waals surface area contributed by atoms with Crippen molar-refractivity contribution in [3.8, 4) is 0 Å². The topological polar surface area (TPSA) is 12.4 Å². The summed E-state index contributed by atoms with van der Waals surface area (Å²) in [4.78, 5) is 4.15. The highest BCUT2D eigenvalue weighted by molar-refractivity contribution is 5.74. The van der Waals surface area contributed by atoms with Crippen LogP contribution in [0.3, 0.4) is 0 Å². The van der Waals surface area contributed by atoms with E-state index in [0.29, 0.717) is 0 Å². The fourth-order valence-electron chi connectivity index (χ4n) is 0.836. The molecule has 0 fully saturated rings. The van der Waals surface area contributed by atoms with E-state index in [0.717, 1.165) is 17.7 Å². The fraction of sp³-hybridized carbons (Fsp3) is 0.182. The van der Waals surface area contributed by atoms with Gasteiger partial charge < -0.3 is 0 Å². The number of nitrogens with zero attached hydrogens (tertiary/aromatic N) is 1. The summed E-state index contributed by atoms with van der Waals surface area (Å²) in [6, 6.07) is 0. The highest BCUT2D eigenvalue weighted by Gasteiger charge is 1.89. The van der Waals surface area contributed by atoms with E-state index in [1.54, 1.807) is 0 Å². The molecule has 0 unspecified atom stereocenters. The van der Waals surface area contributed by atoms with Gasteiger partial charge in [0.15, 0.2) is 0 Å². The minimum atomic E-state index is 0.751. The van der Waals surface area contributed by atoms with Crippen molar-refractivity contribution in [2.45, 2.75) is 6.92 Å². The second kappa shape index (κ2) is 4.50. The molecule has 0 bridgehead atoms. The molecule has 1 heterocycles. The Morgan fingerprint density at radius 3 is 3.08 bits per heavy atom. The average Bonchev–Trinajstić information content (AvgIpc) is 2.08. The van der Waals surface area contributed by atoms with Crippen LogP contribution in [-0.4, -0.2) is 12.8 Å². The molecule has 1 rings (SSSR count). The molecule has 12 heavy (non-hydrogen) atoms. The lowest BCUT2D eigenvalue weighted by molar-refractivity contribution is 1.26. The standard InChI is InChI=1S/C11H13N/c1-10-6-4-3-5-8-12-9-7-11(10)2/h3-7,9H,1,8H2,2H3/b5-3-,6-4-,11-7-,12-9-. The number of rotatable bonds is 0. The lowest BCUT2D eigenvalue weighted by Gasteiger charge is -1.97. The largest absolute Gasteiger partial charge is 0.289 e. The molecule has 0 atom stereocenters. The molecular formula is C11H13N. The zero-order valence-corrected chi connectivity index (χ0v) is 7.33. The minimum Gasteiger partial charge on any atom is -0.289 e. The van der Waals surface area contributed by atoms with Gasteiger partial charge in [0, 0.05) is 6.21 Å². The predicted octanol–water partition coefficient (Wildman–Crippen LogP) is 2.69. The van der Waals surface area contributed by atoms with Crippen LogP contribution < -0.4 is 0 Å². The molecule has 0 aliphatic carbocycles. The van der Waals surface area contributed by atoms with Gasteiger partial charge in [-0.2, -0.15) is 0 Å². The highest BCUT2D eigenvalue weighted by atomic mass is 14.7. The summed E-state index contributed by atoms with van der Waals surface area (Å²) in [6.07, 6.45) is 11.8. The fourth-order valence-corrected chi connectivity index (χ4v) is 0.836. The first kappa shape index (κ1) is 8.72. The molecule has 0 N–H and O–H groups in total. The lowest BCUT2D eigenvalue weighted by Crippen LogP contribution is -1.82. The van der Waals surface area contributed by atoms with Crippen LogP contribution in [0.2, 0.25) is 0 Å². The zero-order valence-electron chi connectivity index (χ0n) is 7.33. The third-order valence-corrected chi connectivity index (χ3v) is 1.69. The lowest BCUT2D eigenvalue weighted by atomic mass is 10.1. The first-order valence-electron chi connectivity index (χ1n) is 4.00. The molecule has 0 aromatic carbocycles. The normalized spacial score (nSPS) is 30.1. The molecule has 0 aromatic rings. The van der Waals surface area contributed by atoms with E-state index >= 15 is 0 Å². The average molecular weight is 159 g/mol. The summed E-state index contributed by atoms with van der Waals surface area (Å²) in [5.74, 6) is 0. The van der Waals surface area contributed by atoms with Crippen LogP contribution in [0.1, 0.15) is 6.92 Å². The summed E-state index contributed by atoms with van der Waals surface area (Å²) in [5.41, 5.74) is 2.19. The third kappa shape index (κ3) is 2.70. The molecule has 1 heteroatoms. The van der Waals surface area contributed by atoms with Crippen molar-refractivity contribution in [2.75, 3.05) is 6.54 Å². The molecular weight excluding hydrogens is 146 g/mol. The Hall–Kier alpha value is -1.37. The van der Waals surface area contributed by atoms with Crippen molar-refractivity contribution < 1.29 is 0 Å². The molecule has 62 valence electrons. The Labute approximate surface area is 73.5 Å². The van der Waals surface area contributed by atoms with Crippen molar-refractivity contribution in [1.29, 1.82) is 0 Å². The maximum Gasteiger partial charge on any atom is 0.0573 e. The van der Waals surface area contributed by atoms with Crippen molar-refractivity contribution in [2.24, 2.45) is 4.99 Å². The van der Waals surface area contributed by atoms with Crippen molar-refractivity contribution in [3.05, 3.63) is 48.1 Å². The van der Waals surface area contributed by atoms with E-state index < -0.39 is 0 Å². The Bertz CT molecular complexity index is 277. The van der Waals surface area contributed by atoms with Gasteiger partial charge in [-0.15, -0.1) is 0 Å². The summed E-state index contributed by atoms with van der Waals surface area (Å²) in [6.45, 7) is 6.70. The van der Waals surface area contributed by atoms with Gasteiger partial charge in [-0.1, -0.05) is 30.9 Å². The summed E-state index contributed by atoms with van der Waals surface area (Å²) in [7, 11) is 0. The maximum absolute atomic E-state index is 4.15. The molecule has 0 aromatic heterocycles. The van der Waals surface area contributed by atoms with Crippen LogP contribution in [-0.2, 0) is 0 Å². The van der Waals surface area contributed by atoms with Crippen LogP contribution in [0.15, 0.2) is 53.1 Å². The second-order valence-electron chi connectivity index (χ2n) is 2.68. The van der Waals surface area contributed by atoms with Gasteiger partial charge in [0.05, 0.1) is 6.54 Å². The summed E-state index contributed by atoms with van der Waals surface area (Å²) in [5, 5.41) is 0. The van der Waals surface area contributed by atoms with Gasteiger partial charge in [-0.3, -0.25) is 4.99 Å². The Morgan fingerprint density at radius 1 is 1.42 bits per heavy atom. The number of hydrogen-bond acceptors (Lipinski definition) is 1. The first-order chi connectivity index (χ1) is 5.80. The van der Waals surface area contributed by atoms with Crippen LogP contribution in [0, 0.1) is 0 Å². The van der Waals surface area contributed by atoms with E-state index in [1.807, 2.05) is 43.5 Å². The van der Waals surface area contributed by atoms with Crippen LogP contribution in [0.25, 0.3) is 0 Å². The maximum atomic E-state index is 4.15. The minimum absolute atomic E-state index is 0.751. The van der Waals surface area contributed by atoms with Crippen molar-refractivity contribution in [1.82, 2.24) is 0 Å². The molecule has 0 spiro atoms. The monoisotopic (exact) mass is 159 g/mol. The van der Waals surface area contributed by atoms with Gasteiger partial charge in [-0.05, 0) is 24.1 Å². The van der Waals surface area contributed by atoms with Crippen LogP contribution >= 0.6 is 0 Å². The van der Waals surface area contributed by atoms with E-state index in [4.69, 9.17) is 0 Å².